The minimum absolute atomic E-state index is 0.0140. The van der Waals surface area contributed by atoms with E-state index in [1.807, 2.05) is 0 Å². The SMILES string of the molecule is CC(CC1CCCC1)CC(NCc1ccc(-n2c(N)c(C(=O)c3ccc(F)cc3)ccc2=O)cc1)C(=O)O. The molecule has 0 bridgehead atoms. The fourth-order valence-electron chi connectivity index (χ4n) is 5.36. The number of carbonyl (C=O) groups excluding carboxylic acids is 1. The third-order valence-electron chi connectivity index (χ3n) is 7.37. The maximum Gasteiger partial charge on any atom is 0.320 e. The van der Waals surface area contributed by atoms with Gasteiger partial charge >= 0.3 is 5.97 Å². The highest BCUT2D eigenvalue weighted by molar-refractivity contribution is 6.11. The number of hydrogen-bond acceptors (Lipinski definition) is 5. The van der Waals surface area contributed by atoms with Crippen molar-refractivity contribution in [3.8, 4) is 5.69 Å². The van der Waals surface area contributed by atoms with Gasteiger partial charge in [-0.1, -0.05) is 44.7 Å². The van der Waals surface area contributed by atoms with Crippen molar-refractivity contribution >= 4 is 17.6 Å². The average molecular weight is 520 g/mol. The number of anilines is 1. The average Bonchev–Trinajstić information content (AvgIpc) is 3.40. The molecule has 1 heterocycles. The topological polar surface area (TPSA) is 114 Å². The Bertz CT molecular complexity index is 1330. The van der Waals surface area contributed by atoms with Gasteiger partial charge in [0, 0.05) is 18.2 Å². The molecule has 2 atom stereocenters. The Hall–Kier alpha value is -3.78. The van der Waals surface area contributed by atoms with Crippen LogP contribution in [0.1, 0.15) is 66.9 Å². The van der Waals surface area contributed by atoms with Crippen LogP contribution >= 0.6 is 0 Å². The van der Waals surface area contributed by atoms with Crippen molar-refractivity contribution < 1.29 is 19.1 Å². The fourth-order valence-corrected chi connectivity index (χ4v) is 5.36. The number of pyridine rings is 1. The van der Waals surface area contributed by atoms with Gasteiger partial charge in [0.15, 0.2) is 5.78 Å². The predicted octanol–water partition coefficient (Wildman–Crippen LogP) is 4.94. The highest BCUT2D eigenvalue weighted by Gasteiger charge is 2.24. The Morgan fingerprint density at radius 2 is 1.71 bits per heavy atom. The summed E-state index contributed by atoms with van der Waals surface area (Å²) in [5, 5.41) is 12.9. The molecule has 0 saturated heterocycles. The fraction of sp³-hybridized carbons (Fsp3) is 0.367. The lowest BCUT2D eigenvalue weighted by Crippen LogP contribution is -2.37. The van der Waals surface area contributed by atoms with E-state index in [1.54, 1.807) is 24.3 Å². The van der Waals surface area contributed by atoms with Crippen LogP contribution in [0, 0.1) is 17.7 Å². The van der Waals surface area contributed by atoms with Gasteiger partial charge in [-0.15, -0.1) is 0 Å². The third-order valence-corrected chi connectivity index (χ3v) is 7.37. The summed E-state index contributed by atoms with van der Waals surface area (Å²) in [6, 6.07) is 14.1. The molecule has 1 aliphatic rings. The number of ketones is 1. The molecule has 1 saturated carbocycles. The number of aromatic nitrogens is 1. The number of hydrogen-bond donors (Lipinski definition) is 3. The zero-order valence-electron chi connectivity index (χ0n) is 21.5. The molecule has 1 aliphatic carbocycles. The number of nitrogens with zero attached hydrogens (tertiary/aromatic N) is 1. The normalized spacial score (nSPS) is 15.3. The second kappa shape index (κ2) is 12.2. The molecule has 4 rings (SSSR count). The Kier molecular flexibility index (Phi) is 8.73. The van der Waals surface area contributed by atoms with E-state index in [0.29, 0.717) is 30.5 Å². The molecule has 7 nitrogen and oxygen atoms in total. The van der Waals surface area contributed by atoms with E-state index < -0.39 is 29.2 Å². The Morgan fingerprint density at radius 3 is 2.34 bits per heavy atom. The highest BCUT2D eigenvalue weighted by Crippen LogP contribution is 2.31. The number of nitrogens with one attached hydrogen (secondary N) is 1. The van der Waals surface area contributed by atoms with Crippen molar-refractivity contribution in [3.63, 3.8) is 0 Å². The van der Waals surface area contributed by atoms with Crippen LogP contribution in [0.2, 0.25) is 0 Å². The molecular weight excluding hydrogens is 485 g/mol. The lowest BCUT2D eigenvalue weighted by atomic mass is 9.90. The van der Waals surface area contributed by atoms with E-state index in [4.69, 9.17) is 5.73 Å². The van der Waals surface area contributed by atoms with Crippen LogP contribution in [-0.2, 0) is 11.3 Å². The van der Waals surface area contributed by atoms with Crippen LogP contribution in [0.3, 0.4) is 0 Å². The first-order chi connectivity index (χ1) is 18.2. The van der Waals surface area contributed by atoms with E-state index in [-0.39, 0.29) is 16.9 Å². The van der Waals surface area contributed by atoms with Gasteiger partial charge in [-0.3, -0.25) is 19.0 Å². The Morgan fingerprint density at radius 1 is 1.05 bits per heavy atom. The minimum Gasteiger partial charge on any atom is -0.480 e. The van der Waals surface area contributed by atoms with E-state index in [0.717, 1.165) is 12.0 Å². The second-order valence-corrected chi connectivity index (χ2v) is 10.3. The van der Waals surface area contributed by atoms with Gasteiger partial charge in [0.1, 0.15) is 17.7 Å². The first-order valence-electron chi connectivity index (χ1n) is 13.1. The summed E-state index contributed by atoms with van der Waals surface area (Å²) in [6.07, 6.45) is 6.70. The summed E-state index contributed by atoms with van der Waals surface area (Å²) in [5.74, 6) is -0.704. The maximum atomic E-state index is 13.3. The van der Waals surface area contributed by atoms with Gasteiger partial charge in [-0.2, -0.15) is 0 Å². The molecule has 3 aromatic rings. The summed E-state index contributed by atoms with van der Waals surface area (Å²) < 4.78 is 14.5. The van der Waals surface area contributed by atoms with Crippen LogP contribution < -0.4 is 16.6 Å². The zero-order valence-corrected chi connectivity index (χ0v) is 21.5. The zero-order chi connectivity index (χ0) is 27.2. The summed E-state index contributed by atoms with van der Waals surface area (Å²) in [7, 11) is 0. The highest BCUT2D eigenvalue weighted by atomic mass is 19.1. The minimum atomic E-state index is -0.859. The Labute approximate surface area is 221 Å². The molecule has 38 heavy (non-hydrogen) atoms. The maximum absolute atomic E-state index is 13.3. The van der Waals surface area contributed by atoms with Crippen LogP contribution in [-0.4, -0.2) is 27.5 Å². The molecule has 8 heteroatoms. The smallest absolute Gasteiger partial charge is 0.320 e. The van der Waals surface area contributed by atoms with E-state index in [9.17, 15) is 23.9 Å². The largest absolute Gasteiger partial charge is 0.480 e. The molecule has 0 spiro atoms. The van der Waals surface area contributed by atoms with Gasteiger partial charge in [0.25, 0.3) is 5.56 Å². The van der Waals surface area contributed by atoms with E-state index >= 15 is 0 Å². The lowest BCUT2D eigenvalue weighted by Gasteiger charge is -2.21. The number of aliphatic carboxylic acids is 1. The van der Waals surface area contributed by atoms with Gasteiger partial charge in [0.05, 0.1) is 11.3 Å². The van der Waals surface area contributed by atoms with Crippen molar-refractivity contribution in [2.24, 2.45) is 11.8 Å². The second-order valence-electron chi connectivity index (χ2n) is 10.3. The molecule has 2 unspecified atom stereocenters. The molecule has 0 aliphatic heterocycles. The number of rotatable bonds is 11. The number of carboxylic acids is 1. The molecular formula is C30H34FN3O4. The first kappa shape index (κ1) is 27.3. The third kappa shape index (κ3) is 6.55. The van der Waals surface area contributed by atoms with Gasteiger partial charge in [-0.05, 0) is 72.7 Å². The number of carbonyl (C=O) groups is 2. The number of benzene rings is 2. The number of nitrogens with two attached hydrogens (primary N) is 1. The summed E-state index contributed by atoms with van der Waals surface area (Å²) >= 11 is 0. The molecule has 0 amide bonds. The standard InChI is InChI=1S/C30H34FN3O4/c1-19(16-20-4-2-3-5-20)17-26(30(37)38)33-18-21-6-12-24(13-7-21)34-27(35)15-14-25(29(34)32)28(36)22-8-10-23(31)11-9-22/h6-15,19-20,26,33H,2-5,16-18,32H2,1H3,(H,37,38). The molecule has 1 fully saturated rings. The molecule has 4 N–H and O–H groups in total. The predicted molar refractivity (Wildman–Crippen MR) is 145 cm³/mol. The number of halogens is 1. The van der Waals surface area contributed by atoms with Crippen LogP contribution in [0.25, 0.3) is 5.69 Å². The summed E-state index contributed by atoms with van der Waals surface area (Å²) in [4.78, 5) is 37.4. The molecule has 0 radical (unpaired) electrons. The van der Waals surface area contributed by atoms with E-state index in [1.165, 1.54) is 66.6 Å². The van der Waals surface area contributed by atoms with Gasteiger partial charge in [-0.25, -0.2) is 4.39 Å². The summed E-state index contributed by atoms with van der Waals surface area (Å²) in [5.41, 5.74) is 7.58. The van der Waals surface area contributed by atoms with Crippen molar-refractivity contribution in [1.82, 2.24) is 9.88 Å². The van der Waals surface area contributed by atoms with E-state index in [2.05, 4.69) is 12.2 Å². The van der Waals surface area contributed by atoms with Crippen molar-refractivity contribution in [3.05, 3.63) is 93.5 Å². The van der Waals surface area contributed by atoms with Crippen LogP contribution in [0.15, 0.2) is 65.5 Å². The molecule has 200 valence electrons. The molecule has 1 aromatic heterocycles. The quantitative estimate of drug-likeness (QED) is 0.309. The monoisotopic (exact) mass is 519 g/mol. The van der Waals surface area contributed by atoms with Crippen LogP contribution in [0.5, 0.6) is 0 Å². The van der Waals surface area contributed by atoms with Crippen molar-refractivity contribution in [2.75, 3.05) is 5.73 Å². The summed E-state index contributed by atoms with van der Waals surface area (Å²) in [6.45, 7) is 2.49. The first-order valence-corrected chi connectivity index (χ1v) is 13.1. The molecule has 2 aromatic carbocycles. The van der Waals surface area contributed by atoms with Gasteiger partial charge < -0.3 is 16.2 Å². The number of nitrogen functional groups attached to an aromatic ring is 1. The van der Waals surface area contributed by atoms with Crippen LogP contribution in [0.4, 0.5) is 10.2 Å². The Balaban J connectivity index is 1.45. The number of carboxylic acid groups (broad SMARTS) is 1. The van der Waals surface area contributed by atoms with Crippen molar-refractivity contribution in [2.45, 2.75) is 58.0 Å². The lowest BCUT2D eigenvalue weighted by molar-refractivity contribution is -0.140. The van der Waals surface area contributed by atoms with Crippen molar-refractivity contribution in [1.29, 1.82) is 0 Å². The van der Waals surface area contributed by atoms with Gasteiger partial charge in [0.2, 0.25) is 0 Å².